The molecule has 0 unspecified atom stereocenters. The van der Waals surface area contributed by atoms with Gasteiger partial charge in [0.2, 0.25) is 0 Å². The minimum Gasteiger partial charge on any atom is -0.487 e. The second-order valence-electron chi connectivity index (χ2n) is 3.73. The molecule has 0 radical (unpaired) electrons. The summed E-state index contributed by atoms with van der Waals surface area (Å²) in [6.07, 6.45) is 3.39. The van der Waals surface area contributed by atoms with Crippen LogP contribution < -0.4 is 4.74 Å². The Morgan fingerprint density at radius 1 is 1.35 bits per heavy atom. The van der Waals surface area contributed by atoms with Crippen LogP contribution in [0.1, 0.15) is 16.7 Å². The van der Waals surface area contributed by atoms with Gasteiger partial charge in [-0.2, -0.15) is 5.26 Å². The molecule has 0 fully saturated rings. The molecule has 0 saturated heterocycles. The normalized spacial score (nSPS) is 9.65. The smallest absolute Gasteiger partial charge is 0.138 e. The Labute approximate surface area is 100 Å². The van der Waals surface area contributed by atoms with Crippen LogP contribution in [-0.2, 0) is 6.61 Å². The van der Waals surface area contributed by atoms with Gasteiger partial charge in [-0.25, -0.2) is 0 Å². The number of aryl methyl sites for hydroxylation is 1. The van der Waals surface area contributed by atoms with Crippen LogP contribution in [0.2, 0.25) is 0 Å². The zero-order valence-electron chi connectivity index (χ0n) is 9.55. The van der Waals surface area contributed by atoms with E-state index in [1.807, 2.05) is 31.2 Å². The molecule has 1 aromatic carbocycles. The van der Waals surface area contributed by atoms with Gasteiger partial charge < -0.3 is 4.74 Å². The minimum atomic E-state index is 0.489. The lowest BCUT2D eigenvalue weighted by Crippen LogP contribution is -1.98. The fourth-order valence-electron chi connectivity index (χ4n) is 1.52. The molecule has 0 amide bonds. The summed E-state index contributed by atoms with van der Waals surface area (Å²) in [5, 5.41) is 8.77. The van der Waals surface area contributed by atoms with Gasteiger partial charge in [-0.1, -0.05) is 6.07 Å². The number of aromatic nitrogens is 1. The molecule has 0 atom stereocenters. The van der Waals surface area contributed by atoms with Crippen LogP contribution in [0.25, 0.3) is 0 Å². The zero-order chi connectivity index (χ0) is 12.1. The lowest BCUT2D eigenvalue weighted by molar-refractivity contribution is 0.304. The standard InChI is InChI=1S/C14H12N2O/c1-11-7-12(8-15)4-5-13(11)10-17-14-3-2-6-16-9-14/h2-7,9H,10H2,1H3. The van der Waals surface area contributed by atoms with Gasteiger partial charge in [-0.3, -0.25) is 4.98 Å². The van der Waals surface area contributed by atoms with Crippen LogP contribution in [0.15, 0.2) is 42.7 Å². The molecule has 0 aliphatic carbocycles. The SMILES string of the molecule is Cc1cc(C#N)ccc1COc1cccnc1. The van der Waals surface area contributed by atoms with Gasteiger partial charge in [0.25, 0.3) is 0 Å². The lowest BCUT2D eigenvalue weighted by Gasteiger charge is -2.08. The Hall–Kier alpha value is -2.34. The Morgan fingerprint density at radius 3 is 2.88 bits per heavy atom. The summed E-state index contributed by atoms with van der Waals surface area (Å²) in [4.78, 5) is 3.98. The topological polar surface area (TPSA) is 45.9 Å². The number of nitriles is 1. The lowest BCUT2D eigenvalue weighted by atomic mass is 10.1. The Morgan fingerprint density at radius 2 is 2.24 bits per heavy atom. The van der Waals surface area contributed by atoms with Crippen molar-refractivity contribution < 1.29 is 4.74 Å². The van der Waals surface area contributed by atoms with Crippen molar-refractivity contribution in [3.8, 4) is 11.8 Å². The van der Waals surface area contributed by atoms with E-state index in [9.17, 15) is 0 Å². The molecule has 0 aliphatic heterocycles. The molecule has 0 saturated carbocycles. The van der Waals surface area contributed by atoms with E-state index in [0.717, 1.165) is 16.9 Å². The van der Waals surface area contributed by atoms with Crippen molar-refractivity contribution in [2.75, 3.05) is 0 Å². The van der Waals surface area contributed by atoms with Crippen molar-refractivity contribution in [1.82, 2.24) is 4.98 Å². The Kier molecular flexibility index (Phi) is 3.37. The third-order valence-corrected chi connectivity index (χ3v) is 2.50. The van der Waals surface area contributed by atoms with Gasteiger partial charge in [0.05, 0.1) is 17.8 Å². The Bertz CT molecular complexity index is 544. The van der Waals surface area contributed by atoms with Crippen LogP contribution in [0, 0.1) is 18.3 Å². The first kappa shape index (κ1) is 11.2. The van der Waals surface area contributed by atoms with E-state index < -0.39 is 0 Å². The zero-order valence-corrected chi connectivity index (χ0v) is 9.55. The van der Waals surface area contributed by atoms with Gasteiger partial charge in [0.1, 0.15) is 12.4 Å². The second-order valence-corrected chi connectivity index (χ2v) is 3.73. The molecule has 0 bridgehead atoms. The monoisotopic (exact) mass is 224 g/mol. The summed E-state index contributed by atoms with van der Waals surface area (Å²) in [6, 6.07) is 11.4. The maximum absolute atomic E-state index is 8.77. The third-order valence-electron chi connectivity index (χ3n) is 2.50. The van der Waals surface area contributed by atoms with E-state index in [2.05, 4.69) is 11.1 Å². The van der Waals surface area contributed by atoms with E-state index in [1.165, 1.54) is 0 Å². The number of rotatable bonds is 3. The first-order chi connectivity index (χ1) is 8.29. The predicted octanol–water partition coefficient (Wildman–Crippen LogP) is 2.84. The van der Waals surface area contributed by atoms with Crippen molar-refractivity contribution in [2.24, 2.45) is 0 Å². The summed E-state index contributed by atoms with van der Waals surface area (Å²) in [6.45, 7) is 2.46. The van der Waals surface area contributed by atoms with Gasteiger partial charge in [0.15, 0.2) is 0 Å². The molecule has 2 rings (SSSR count). The van der Waals surface area contributed by atoms with Crippen molar-refractivity contribution in [3.05, 3.63) is 59.4 Å². The van der Waals surface area contributed by atoms with Crippen molar-refractivity contribution in [1.29, 1.82) is 5.26 Å². The van der Waals surface area contributed by atoms with E-state index in [-0.39, 0.29) is 0 Å². The molecule has 0 N–H and O–H groups in total. The van der Waals surface area contributed by atoms with Gasteiger partial charge in [-0.15, -0.1) is 0 Å². The summed E-state index contributed by atoms with van der Waals surface area (Å²) in [5.41, 5.74) is 2.81. The fraction of sp³-hybridized carbons (Fsp3) is 0.143. The fourth-order valence-corrected chi connectivity index (χ4v) is 1.52. The number of nitrogens with zero attached hydrogens (tertiary/aromatic N) is 2. The molecule has 84 valence electrons. The van der Waals surface area contributed by atoms with Crippen LogP contribution in [0.5, 0.6) is 5.75 Å². The average Bonchev–Trinajstić information content (AvgIpc) is 2.38. The van der Waals surface area contributed by atoms with Gasteiger partial charge in [-0.05, 0) is 42.3 Å². The van der Waals surface area contributed by atoms with Crippen molar-refractivity contribution in [3.63, 3.8) is 0 Å². The van der Waals surface area contributed by atoms with Crippen LogP contribution >= 0.6 is 0 Å². The molecule has 2 aromatic rings. The first-order valence-corrected chi connectivity index (χ1v) is 5.32. The molecule has 1 aromatic heterocycles. The predicted molar refractivity (Wildman–Crippen MR) is 64.5 cm³/mol. The van der Waals surface area contributed by atoms with Crippen LogP contribution in [-0.4, -0.2) is 4.98 Å². The maximum atomic E-state index is 8.77. The second kappa shape index (κ2) is 5.13. The van der Waals surface area contributed by atoms with Crippen molar-refractivity contribution in [2.45, 2.75) is 13.5 Å². The number of benzene rings is 1. The van der Waals surface area contributed by atoms with Gasteiger partial charge in [0, 0.05) is 6.20 Å². The molecule has 3 heteroatoms. The molecule has 3 nitrogen and oxygen atoms in total. The summed E-state index contributed by atoms with van der Waals surface area (Å²) in [7, 11) is 0. The molecule has 0 aliphatic rings. The molecular formula is C14H12N2O. The maximum Gasteiger partial charge on any atom is 0.138 e. The van der Waals surface area contributed by atoms with Crippen LogP contribution in [0.4, 0.5) is 0 Å². The number of hydrogen-bond acceptors (Lipinski definition) is 3. The average molecular weight is 224 g/mol. The van der Waals surface area contributed by atoms with E-state index in [1.54, 1.807) is 18.5 Å². The molecule has 0 spiro atoms. The van der Waals surface area contributed by atoms with Crippen LogP contribution in [0.3, 0.4) is 0 Å². The van der Waals surface area contributed by atoms with Gasteiger partial charge >= 0.3 is 0 Å². The highest BCUT2D eigenvalue weighted by Gasteiger charge is 2.01. The third kappa shape index (κ3) is 2.82. The summed E-state index contributed by atoms with van der Waals surface area (Å²) < 4.78 is 5.60. The molecule has 1 heterocycles. The molecular weight excluding hydrogens is 212 g/mol. The minimum absolute atomic E-state index is 0.489. The highest BCUT2D eigenvalue weighted by Crippen LogP contribution is 2.14. The largest absolute Gasteiger partial charge is 0.487 e. The first-order valence-electron chi connectivity index (χ1n) is 5.32. The summed E-state index contributed by atoms with van der Waals surface area (Å²) in [5.74, 6) is 0.747. The highest BCUT2D eigenvalue weighted by molar-refractivity contribution is 5.37. The highest BCUT2D eigenvalue weighted by atomic mass is 16.5. The van der Waals surface area contributed by atoms with Crippen molar-refractivity contribution >= 4 is 0 Å². The summed E-state index contributed by atoms with van der Waals surface area (Å²) >= 11 is 0. The number of hydrogen-bond donors (Lipinski definition) is 0. The number of ether oxygens (including phenoxy) is 1. The molecule has 17 heavy (non-hydrogen) atoms. The van der Waals surface area contributed by atoms with E-state index in [4.69, 9.17) is 10.00 Å². The Balaban J connectivity index is 2.08. The number of pyridine rings is 1. The van der Waals surface area contributed by atoms with E-state index >= 15 is 0 Å². The van der Waals surface area contributed by atoms with E-state index in [0.29, 0.717) is 12.2 Å². The quantitative estimate of drug-likeness (QED) is 0.805.